The fourth-order valence-corrected chi connectivity index (χ4v) is 2.13. The molecule has 0 heterocycles. The van der Waals surface area contributed by atoms with E-state index in [1.165, 1.54) is 0 Å². The number of nitrogens with zero attached hydrogens (tertiary/aromatic N) is 1. The first-order chi connectivity index (χ1) is 8.74. The maximum atomic E-state index is 12.2. The second-order valence-corrected chi connectivity index (χ2v) is 6.01. The summed E-state index contributed by atoms with van der Waals surface area (Å²) in [6.07, 6.45) is 0. The third-order valence-electron chi connectivity index (χ3n) is 3.45. The summed E-state index contributed by atoms with van der Waals surface area (Å²) in [5.41, 5.74) is 6.86. The van der Waals surface area contributed by atoms with Crippen molar-refractivity contribution in [1.82, 2.24) is 10.2 Å². The molecule has 1 unspecified atom stereocenters. The molecule has 4 nitrogen and oxygen atoms in total. The first-order valence-electron chi connectivity index (χ1n) is 6.54. The van der Waals surface area contributed by atoms with Gasteiger partial charge < -0.3 is 16.0 Å². The van der Waals surface area contributed by atoms with Crippen LogP contribution in [0.5, 0.6) is 0 Å². The van der Waals surface area contributed by atoms with Gasteiger partial charge in [0.1, 0.15) is 0 Å². The van der Waals surface area contributed by atoms with E-state index in [0.29, 0.717) is 11.3 Å². The van der Waals surface area contributed by atoms with E-state index in [-0.39, 0.29) is 17.4 Å². The Morgan fingerprint density at radius 3 is 2.47 bits per heavy atom. The van der Waals surface area contributed by atoms with E-state index in [1.54, 1.807) is 12.1 Å². The Kier molecular flexibility index (Phi) is 4.95. The molecule has 0 spiro atoms. The van der Waals surface area contributed by atoms with Crippen LogP contribution in [0.1, 0.15) is 31.1 Å². The number of carbonyl (C=O) groups is 1. The average Bonchev–Trinajstić information content (AvgIpc) is 2.27. The molecule has 1 aromatic rings. The lowest BCUT2D eigenvalue weighted by Gasteiger charge is -2.35. The van der Waals surface area contributed by atoms with Crippen LogP contribution in [0.3, 0.4) is 0 Å². The molecule has 1 amide bonds. The average molecular weight is 263 g/mol. The lowest BCUT2D eigenvalue weighted by molar-refractivity contribution is 0.0886. The largest absolute Gasteiger partial charge is 0.398 e. The molecular weight excluding hydrogens is 238 g/mol. The minimum absolute atomic E-state index is 0.0112. The van der Waals surface area contributed by atoms with Gasteiger partial charge in [0, 0.05) is 18.3 Å². The van der Waals surface area contributed by atoms with Crippen molar-refractivity contribution >= 4 is 11.6 Å². The first kappa shape index (κ1) is 15.5. The van der Waals surface area contributed by atoms with Gasteiger partial charge in [0.2, 0.25) is 0 Å². The van der Waals surface area contributed by atoms with Crippen molar-refractivity contribution < 1.29 is 4.79 Å². The number of rotatable bonds is 5. The highest BCUT2D eigenvalue weighted by molar-refractivity contribution is 5.99. The Morgan fingerprint density at radius 1 is 1.37 bits per heavy atom. The summed E-state index contributed by atoms with van der Waals surface area (Å²) in [5, 5.41) is 3.04. The van der Waals surface area contributed by atoms with Crippen LogP contribution in [0.4, 0.5) is 5.69 Å². The summed E-state index contributed by atoms with van der Waals surface area (Å²) in [7, 11) is 4.07. The second kappa shape index (κ2) is 6.06. The quantitative estimate of drug-likeness (QED) is 0.799. The van der Waals surface area contributed by atoms with Crippen molar-refractivity contribution in [3.05, 3.63) is 29.8 Å². The van der Waals surface area contributed by atoms with Gasteiger partial charge in [-0.3, -0.25) is 4.79 Å². The minimum Gasteiger partial charge on any atom is -0.398 e. The highest BCUT2D eigenvalue weighted by atomic mass is 16.1. The number of carbonyl (C=O) groups excluding carboxylic acids is 1. The molecule has 0 fully saturated rings. The highest BCUT2D eigenvalue weighted by Crippen LogP contribution is 2.22. The van der Waals surface area contributed by atoms with E-state index in [1.807, 2.05) is 33.2 Å². The zero-order chi connectivity index (χ0) is 14.6. The third kappa shape index (κ3) is 4.24. The van der Waals surface area contributed by atoms with Gasteiger partial charge in [-0.1, -0.05) is 26.0 Å². The fraction of sp³-hybridized carbons (Fsp3) is 0.533. The maximum absolute atomic E-state index is 12.2. The van der Waals surface area contributed by atoms with Gasteiger partial charge in [0.25, 0.3) is 5.91 Å². The van der Waals surface area contributed by atoms with E-state index in [9.17, 15) is 4.79 Å². The van der Waals surface area contributed by atoms with Crippen LogP contribution in [0.15, 0.2) is 24.3 Å². The molecule has 1 aromatic carbocycles. The zero-order valence-corrected chi connectivity index (χ0v) is 12.5. The number of nitrogen functional groups attached to an aromatic ring is 1. The van der Waals surface area contributed by atoms with E-state index < -0.39 is 0 Å². The first-order valence-corrected chi connectivity index (χ1v) is 6.54. The molecule has 0 bridgehead atoms. The molecule has 106 valence electrons. The highest BCUT2D eigenvalue weighted by Gasteiger charge is 2.28. The number of para-hydroxylation sites is 1. The molecule has 1 rings (SSSR count). The summed E-state index contributed by atoms with van der Waals surface area (Å²) < 4.78 is 0. The standard InChI is InChI=1S/C15H25N3O/c1-11(15(2,3)10-18(4)5)17-14(19)12-8-6-7-9-13(12)16/h6-9,11H,10,16H2,1-5H3,(H,17,19). The van der Waals surface area contributed by atoms with Crippen LogP contribution in [-0.4, -0.2) is 37.5 Å². The van der Waals surface area contributed by atoms with Gasteiger partial charge >= 0.3 is 0 Å². The Hall–Kier alpha value is -1.55. The molecule has 0 aliphatic carbocycles. The molecule has 0 saturated heterocycles. The fourth-order valence-electron chi connectivity index (χ4n) is 2.13. The Balaban J connectivity index is 2.74. The Labute approximate surface area is 116 Å². The summed E-state index contributed by atoms with van der Waals surface area (Å²) in [5.74, 6) is -0.113. The van der Waals surface area contributed by atoms with Crippen LogP contribution in [0.25, 0.3) is 0 Å². The van der Waals surface area contributed by atoms with E-state index in [2.05, 4.69) is 24.1 Å². The number of hydrogen-bond donors (Lipinski definition) is 2. The van der Waals surface area contributed by atoms with E-state index >= 15 is 0 Å². The molecule has 0 saturated carbocycles. The predicted octanol–water partition coefficient (Wildman–Crippen LogP) is 1.97. The zero-order valence-electron chi connectivity index (χ0n) is 12.5. The molecule has 1 atom stereocenters. The van der Waals surface area contributed by atoms with Crippen molar-refractivity contribution in [1.29, 1.82) is 0 Å². The number of benzene rings is 1. The molecule has 0 aliphatic heterocycles. The topological polar surface area (TPSA) is 58.4 Å². The molecule has 0 aromatic heterocycles. The Bertz CT molecular complexity index is 441. The van der Waals surface area contributed by atoms with Crippen molar-refractivity contribution in [2.75, 3.05) is 26.4 Å². The van der Waals surface area contributed by atoms with Crippen LogP contribution in [-0.2, 0) is 0 Å². The van der Waals surface area contributed by atoms with Crippen LogP contribution in [0.2, 0.25) is 0 Å². The SMILES string of the molecule is CC(NC(=O)c1ccccc1N)C(C)(C)CN(C)C. The van der Waals surface area contributed by atoms with E-state index in [0.717, 1.165) is 6.54 Å². The smallest absolute Gasteiger partial charge is 0.253 e. The van der Waals surface area contributed by atoms with E-state index in [4.69, 9.17) is 5.73 Å². The van der Waals surface area contributed by atoms with Gasteiger partial charge in [-0.2, -0.15) is 0 Å². The molecule has 19 heavy (non-hydrogen) atoms. The van der Waals surface area contributed by atoms with Crippen molar-refractivity contribution in [2.24, 2.45) is 5.41 Å². The minimum atomic E-state index is -0.113. The lowest BCUT2D eigenvalue weighted by Crippen LogP contribution is -2.47. The summed E-state index contributed by atoms with van der Waals surface area (Å²) in [4.78, 5) is 14.3. The van der Waals surface area contributed by atoms with Crippen molar-refractivity contribution in [2.45, 2.75) is 26.8 Å². The molecule has 0 aliphatic rings. The lowest BCUT2D eigenvalue weighted by atomic mass is 9.84. The molecule has 3 N–H and O–H groups in total. The number of nitrogens with one attached hydrogen (secondary N) is 1. The number of nitrogens with two attached hydrogens (primary N) is 1. The number of amides is 1. The van der Waals surface area contributed by atoms with Crippen molar-refractivity contribution in [3.63, 3.8) is 0 Å². The van der Waals surface area contributed by atoms with Gasteiger partial charge in [-0.15, -0.1) is 0 Å². The molecular formula is C15H25N3O. The Morgan fingerprint density at radius 2 is 1.95 bits per heavy atom. The summed E-state index contributed by atoms with van der Waals surface area (Å²) in [6, 6.07) is 7.19. The van der Waals surface area contributed by atoms with Crippen LogP contribution >= 0.6 is 0 Å². The van der Waals surface area contributed by atoms with Gasteiger partial charge in [-0.25, -0.2) is 0 Å². The molecule has 0 radical (unpaired) electrons. The summed E-state index contributed by atoms with van der Waals surface area (Å²) in [6.45, 7) is 7.22. The van der Waals surface area contributed by atoms with Gasteiger partial charge in [0.05, 0.1) is 5.56 Å². The third-order valence-corrected chi connectivity index (χ3v) is 3.45. The van der Waals surface area contributed by atoms with Crippen LogP contribution in [0, 0.1) is 5.41 Å². The van der Waals surface area contributed by atoms with Crippen LogP contribution < -0.4 is 11.1 Å². The molecule has 4 heteroatoms. The van der Waals surface area contributed by atoms with Crippen molar-refractivity contribution in [3.8, 4) is 0 Å². The normalized spacial score (nSPS) is 13.4. The van der Waals surface area contributed by atoms with Gasteiger partial charge in [-0.05, 0) is 38.6 Å². The monoisotopic (exact) mass is 263 g/mol. The summed E-state index contributed by atoms with van der Waals surface area (Å²) >= 11 is 0. The predicted molar refractivity (Wildman–Crippen MR) is 80.1 cm³/mol. The van der Waals surface area contributed by atoms with Gasteiger partial charge in [0.15, 0.2) is 0 Å². The number of anilines is 1. The second-order valence-electron chi connectivity index (χ2n) is 6.01. The maximum Gasteiger partial charge on any atom is 0.253 e. The number of hydrogen-bond acceptors (Lipinski definition) is 3.